The predicted molar refractivity (Wildman–Crippen MR) is 59.1 cm³/mol. The molecule has 0 saturated heterocycles. The lowest BCUT2D eigenvalue weighted by Gasteiger charge is -2.19. The first-order chi connectivity index (χ1) is 7.20. The van der Waals surface area contributed by atoms with E-state index in [1.54, 1.807) is 20.8 Å². The number of allylic oxidation sites excluding steroid dienone is 1. The van der Waals surface area contributed by atoms with E-state index in [0.29, 0.717) is 0 Å². The SMILES string of the molecule is CC(=O)/C=C\C(=O)CNC(=O)OC(C)(C)C. The van der Waals surface area contributed by atoms with Crippen molar-refractivity contribution >= 4 is 17.7 Å². The summed E-state index contributed by atoms with van der Waals surface area (Å²) in [5, 5.41) is 2.29. The van der Waals surface area contributed by atoms with Crippen LogP contribution in [0.25, 0.3) is 0 Å². The molecule has 5 heteroatoms. The van der Waals surface area contributed by atoms with Crippen LogP contribution in [0.1, 0.15) is 27.7 Å². The van der Waals surface area contributed by atoms with Crippen molar-refractivity contribution in [3.63, 3.8) is 0 Å². The van der Waals surface area contributed by atoms with Crippen LogP contribution in [-0.2, 0) is 14.3 Å². The van der Waals surface area contributed by atoms with Gasteiger partial charge in [0, 0.05) is 0 Å². The number of carbonyl (C=O) groups is 3. The third-order valence-electron chi connectivity index (χ3n) is 1.31. The summed E-state index contributed by atoms with van der Waals surface area (Å²) in [7, 11) is 0. The molecule has 0 unspecified atom stereocenters. The summed E-state index contributed by atoms with van der Waals surface area (Å²) in [6, 6.07) is 0. The molecule has 0 aromatic carbocycles. The molecule has 90 valence electrons. The molecule has 0 rings (SSSR count). The molecule has 0 saturated carbocycles. The Kier molecular flexibility index (Phi) is 5.42. The predicted octanol–water partition coefficient (Wildman–Crippen LogP) is 1.23. The number of ketones is 2. The summed E-state index contributed by atoms with van der Waals surface area (Å²) in [6.07, 6.45) is 1.62. The fourth-order valence-electron chi connectivity index (χ4n) is 0.743. The normalized spacial score (nSPS) is 11.2. The van der Waals surface area contributed by atoms with Crippen LogP contribution >= 0.6 is 0 Å². The summed E-state index contributed by atoms with van der Waals surface area (Å²) >= 11 is 0. The number of amides is 1. The van der Waals surface area contributed by atoms with Crippen molar-refractivity contribution in [3.8, 4) is 0 Å². The highest BCUT2D eigenvalue weighted by Crippen LogP contribution is 2.05. The van der Waals surface area contributed by atoms with Gasteiger partial charge in [0.1, 0.15) is 5.60 Å². The Hall–Kier alpha value is -1.65. The Morgan fingerprint density at radius 2 is 1.75 bits per heavy atom. The lowest BCUT2D eigenvalue weighted by Crippen LogP contribution is -2.35. The first-order valence-electron chi connectivity index (χ1n) is 4.89. The number of hydrogen-bond acceptors (Lipinski definition) is 4. The molecule has 0 aliphatic heterocycles. The molecule has 1 N–H and O–H groups in total. The number of alkyl carbamates (subject to hydrolysis) is 1. The van der Waals surface area contributed by atoms with E-state index in [0.717, 1.165) is 12.2 Å². The van der Waals surface area contributed by atoms with Gasteiger partial charge in [-0.25, -0.2) is 4.79 Å². The van der Waals surface area contributed by atoms with Gasteiger partial charge in [-0.15, -0.1) is 0 Å². The zero-order chi connectivity index (χ0) is 12.8. The highest BCUT2D eigenvalue weighted by atomic mass is 16.6. The zero-order valence-corrected chi connectivity index (χ0v) is 9.99. The van der Waals surface area contributed by atoms with Crippen molar-refractivity contribution < 1.29 is 19.1 Å². The average molecular weight is 227 g/mol. The van der Waals surface area contributed by atoms with Crippen molar-refractivity contribution in [2.45, 2.75) is 33.3 Å². The minimum absolute atomic E-state index is 0.182. The van der Waals surface area contributed by atoms with Crippen molar-refractivity contribution in [1.29, 1.82) is 0 Å². The number of rotatable bonds is 4. The largest absolute Gasteiger partial charge is 0.444 e. The Morgan fingerprint density at radius 3 is 2.19 bits per heavy atom. The van der Waals surface area contributed by atoms with Crippen LogP contribution < -0.4 is 5.32 Å². The van der Waals surface area contributed by atoms with Crippen LogP contribution in [-0.4, -0.2) is 29.8 Å². The average Bonchev–Trinajstić information content (AvgIpc) is 2.08. The molecule has 0 radical (unpaired) electrons. The van der Waals surface area contributed by atoms with Crippen LogP contribution in [0.2, 0.25) is 0 Å². The van der Waals surface area contributed by atoms with Crippen molar-refractivity contribution in [1.82, 2.24) is 5.32 Å². The van der Waals surface area contributed by atoms with Crippen molar-refractivity contribution in [3.05, 3.63) is 12.2 Å². The minimum atomic E-state index is -0.655. The number of ether oxygens (including phenoxy) is 1. The second-order valence-electron chi connectivity index (χ2n) is 4.27. The van der Waals surface area contributed by atoms with Gasteiger partial charge in [0.05, 0.1) is 6.54 Å². The van der Waals surface area contributed by atoms with Crippen LogP contribution in [0.5, 0.6) is 0 Å². The summed E-state index contributed by atoms with van der Waals surface area (Å²) < 4.78 is 4.92. The van der Waals surface area contributed by atoms with Gasteiger partial charge in [0.25, 0.3) is 0 Å². The standard InChI is InChI=1S/C11H17NO4/c1-8(13)5-6-9(14)7-12-10(15)16-11(2,3)4/h5-6H,7H2,1-4H3,(H,12,15)/b6-5-. The van der Waals surface area contributed by atoms with E-state index in [1.807, 2.05) is 0 Å². The van der Waals surface area contributed by atoms with Gasteiger partial charge >= 0.3 is 6.09 Å². The summed E-state index contributed by atoms with van der Waals surface area (Å²) in [4.78, 5) is 32.8. The van der Waals surface area contributed by atoms with Crippen molar-refractivity contribution in [2.24, 2.45) is 0 Å². The zero-order valence-electron chi connectivity index (χ0n) is 9.99. The third-order valence-corrected chi connectivity index (χ3v) is 1.31. The van der Waals surface area contributed by atoms with Crippen LogP contribution in [0.15, 0.2) is 12.2 Å². The maximum atomic E-state index is 11.1. The van der Waals surface area contributed by atoms with E-state index in [4.69, 9.17) is 4.74 Å². The Bertz CT molecular complexity index is 312. The fourth-order valence-corrected chi connectivity index (χ4v) is 0.743. The summed E-state index contributed by atoms with van der Waals surface area (Å²) in [6.45, 7) is 6.34. The molecular formula is C11H17NO4. The minimum Gasteiger partial charge on any atom is -0.444 e. The summed E-state index contributed by atoms with van der Waals surface area (Å²) in [5.41, 5.74) is -0.595. The van der Waals surface area contributed by atoms with Gasteiger partial charge in [0.15, 0.2) is 11.6 Å². The van der Waals surface area contributed by atoms with Crippen LogP contribution in [0.4, 0.5) is 4.79 Å². The molecule has 0 bridgehead atoms. The van der Waals surface area contributed by atoms with Gasteiger partial charge in [-0.05, 0) is 39.8 Å². The lowest BCUT2D eigenvalue weighted by atomic mass is 10.2. The second kappa shape index (κ2) is 6.05. The van der Waals surface area contributed by atoms with E-state index in [9.17, 15) is 14.4 Å². The molecule has 5 nitrogen and oxygen atoms in total. The molecule has 0 atom stereocenters. The molecule has 0 spiro atoms. The highest BCUT2D eigenvalue weighted by molar-refractivity contribution is 5.99. The molecule has 16 heavy (non-hydrogen) atoms. The number of carbonyl (C=O) groups excluding carboxylic acids is 3. The van der Waals surface area contributed by atoms with E-state index >= 15 is 0 Å². The van der Waals surface area contributed by atoms with Gasteiger partial charge in [-0.3, -0.25) is 9.59 Å². The maximum Gasteiger partial charge on any atom is 0.408 e. The molecular weight excluding hydrogens is 210 g/mol. The molecule has 0 aromatic rings. The van der Waals surface area contributed by atoms with E-state index in [-0.39, 0.29) is 18.1 Å². The molecule has 1 amide bonds. The van der Waals surface area contributed by atoms with Crippen LogP contribution in [0, 0.1) is 0 Å². The van der Waals surface area contributed by atoms with E-state index in [2.05, 4.69) is 5.32 Å². The quantitative estimate of drug-likeness (QED) is 0.733. The van der Waals surface area contributed by atoms with Gasteiger partial charge in [-0.1, -0.05) is 0 Å². The van der Waals surface area contributed by atoms with Crippen molar-refractivity contribution in [2.75, 3.05) is 6.54 Å². The molecule has 0 aromatic heterocycles. The van der Waals surface area contributed by atoms with E-state index < -0.39 is 11.7 Å². The van der Waals surface area contributed by atoms with Gasteiger partial charge in [-0.2, -0.15) is 0 Å². The monoisotopic (exact) mass is 227 g/mol. The Labute approximate surface area is 94.8 Å². The molecule has 0 aliphatic rings. The van der Waals surface area contributed by atoms with Gasteiger partial charge in [0.2, 0.25) is 0 Å². The Morgan fingerprint density at radius 1 is 1.19 bits per heavy atom. The molecule has 0 heterocycles. The van der Waals surface area contributed by atoms with Crippen LogP contribution in [0.3, 0.4) is 0 Å². The topological polar surface area (TPSA) is 72.5 Å². The lowest BCUT2D eigenvalue weighted by molar-refractivity contribution is -0.115. The summed E-state index contributed by atoms with van der Waals surface area (Å²) in [5.74, 6) is -0.577. The fraction of sp³-hybridized carbons (Fsp3) is 0.545. The third kappa shape index (κ3) is 8.93. The smallest absolute Gasteiger partial charge is 0.408 e. The first-order valence-corrected chi connectivity index (χ1v) is 4.89. The number of nitrogens with one attached hydrogen (secondary N) is 1. The van der Waals surface area contributed by atoms with Gasteiger partial charge < -0.3 is 10.1 Å². The highest BCUT2D eigenvalue weighted by Gasteiger charge is 2.15. The first kappa shape index (κ1) is 14.3. The molecule has 0 fully saturated rings. The van der Waals surface area contributed by atoms with E-state index in [1.165, 1.54) is 6.92 Å². The number of hydrogen-bond donors (Lipinski definition) is 1. The second-order valence-corrected chi connectivity index (χ2v) is 4.27. The Balaban J connectivity index is 3.93. The molecule has 0 aliphatic carbocycles. The maximum absolute atomic E-state index is 11.1.